The zero-order valence-corrected chi connectivity index (χ0v) is 12.9. The van der Waals surface area contributed by atoms with Gasteiger partial charge in [-0.05, 0) is 30.0 Å². The van der Waals surface area contributed by atoms with Crippen LogP contribution in [0.15, 0.2) is 22.7 Å². The molecule has 0 aliphatic heterocycles. The predicted octanol–water partition coefficient (Wildman–Crippen LogP) is 4.55. The van der Waals surface area contributed by atoms with Crippen LogP contribution in [0.4, 0.5) is 0 Å². The zero-order chi connectivity index (χ0) is 12.9. The second-order valence-electron chi connectivity index (χ2n) is 5.68. The lowest BCUT2D eigenvalue weighted by Crippen LogP contribution is -2.06. The summed E-state index contributed by atoms with van der Waals surface area (Å²) in [4.78, 5) is 4.74. The molecule has 2 nitrogen and oxygen atoms in total. The van der Waals surface area contributed by atoms with Gasteiger partial charge in [0.15, 0.2) is 0 Å². The van der Waals surface area contributed by atoms with E-state index in [1.807, 2.05) is 0 Å². The van der Waals surface area contributed by atoms with Gasteiger partial charge in [0.2, 0.25) is 0 Å². The third-order valence-electron chi connectivity index (χ3n) is 3.82. The molecule has 1 unspecified atom stereocenters. The number of halogens is 2. The summed E-state index contributed by atoms with van der Waals surface area (Å²) in [6.45, 7) is 4.62. The summed E-state index contributed by atoms with van der Waals surface area (Å²) in [5.41, 5.74) is 2.68. The molecule has 18 heavy (non-hydrogen) atoms. The van der Waals surface area contributed by atoms with Gasteiger partial charge in [0, 0.05) is 22.8 Å². The third-order valence-corrected chi connectivity index (χ3v) is 4.50. The molecule has 4 heteroatoms. The number of nitrogens with zero attached hydrogens (tertiary/aromatic N) is 2. The van der Waals surface area contributed by atoms with E-state index >= 15 is 0 Å². The molecule has 1 aliphatic rings. The summed E-state index contributed by atoms with van der Waals surface area (Å²) in [6, 6.07) is 6.89. The molecule has 1 aromatic carbocycles. The first-order chi connectivity index (χ1) is 8.53. The van der Waals surface area contributed by atoms with Crippen molar-refractivity contribution in [2.24, 2.45) is 5.41 Å². The van der Waals surface area contributed by atoms with Gasteiger partial charge in [-0.3, -0.25) is 0 Å². The monoisotopic (exact) mass is 326 g/mol. The highest BCUT2D eigenvalue weighted by atomic mass is 79.9. The smallest absolute Gasteiger partial charge is 0.111 e. The van der Waals surface area contributed by atoms with E-state index < -0.39 is 0 Å². The van der Waals surface area contributed by atoms with Crippen LogP contribution in [-0.4, -0.2) is 15.4 Å². The van der Waals surface area contributed by atoms with Crippen molar-refractivity contribution in [3.05, 3.63) is 28.5 Å². The minimum Gasteiger partial charge on any atom is -0.324 e. The average molecular weight is 328 g/mol. The number of rotatable bonds is 3. The molecular formula is C14H16BrClN2. The summed E-state index contributed by atoms with van der Waals surface area (Å²) in [5.74, 6) is 1.74. The fourth-order valence-corrected chi connectivity index (χ4v) is 3.13. The van der Waals surface area contributed by atoms with Crippen LogP contribution in [0.2, 0.25) is 0 Å². The summed E-state index contributed by atoms with van der Waals surface area (Å²) in [5, 5.41) is 0. The van der Waals surface area contributed by atoms with E-state index in [0.29, 0.717) is 17.3 Å². The molecule has 0 bridgehead atoms. The maximum Gasteiger partial charge on any atom is 0.111 e. The van der Waals surface area contributed by atoms with E-state index in [1.165, 1.54) is 11.9 Å². The van der Waals surface area contributed by atoms with Crippen molar-refractivity contribution >= 4 is 38.6 Å². The molecule has 0 amide bonds. The first-order valence-corrected chi connectivity index (χ1v) is 7.58. The molecule has 0 spiro atoms. The van der Waals surface area contributed by atoms with Gasteiger partial charge < -0.3 is 4.57 Å². The fraction of sp³-hybridized carbons (Fsp3) is 0.500. The van der Waals surface area contributed by atoms with Gasteiger partial charge in [0.05, 0.1) is 11.0 Å². The van der Waals surface area contributed by atoms with Gasteiger partial charge >= 0.3 is 0 Å². The number of aromatic nitrogens is 2. The van der Waals surface area contributed by atoms with Gasteiger partial charge in [0.25, 0.3) is 0 Å². The maximum absolute atomic E-state index is 5.90. The Balaban J connectivity index is 2.17. The number of benzene rings is 1. The maximum atomic E-state index is 5.90. The molecule has 0 N–H and O–H groups in total. The minimum absolute atomic E-state index is 0.391. The van der Waals surface area contributed by atoms with E-state index in [0.717, 1.165) is 22.2 Å². The van der Waals surface area contributed by atoms with Crippen molar-refractivity contribution in [2.45, 2.75) is 32.7 Å². The Hall–Kier alpha value is -0.540. The highest BCUT2D eigenvalue weighted by molar-refractivity contribution is 9.10. The van der Waals surface area contributed by atoms with Crippen LogP contribution >= 0.6 is 27.5 Å². The van der Waals surface area contributed by atoms with Crippen molar-refractivity contribution in [3.8, 4) is 0 Å². The van der Waals surface area contributed by atoms with Crippen LogP contribution in [0.3, 0.4) is 0 Å². The molecule has 2 aromatic rings. The second-order valence-corrected chi connectivity index (χ2v) is 6.97. The van der Waals surface area contributed by atoms with Gasteiger partial charge in [-0.15, -0.1) is 11.6 Å². The van der Waals surface area contributed by atoms with Gasteiger partial charge in [-0.1, -0.05) is 29.8 Å². The topological polar surface area (TPSA) is 17.8 Å². The lowest BCUT2D eigenvalue weighted by atomic mass is 10.2. The summed E-state index contributed by atoms with van der Waals surface area (Å²) < 4.78 is 3.47. The Morgan fingerprint density at radius 1 is 1.50 bits per heavy atom. The summed E-state index contributed by atoms with van der Waals surface area (Å²) in [6.07, 6.45) is 2.06. The zero-order valence-electron chi connectivity index (χ0n) is 10.6. The standard InChI is InChI=1S/C14H16BrClN2/c1-14(2)8-12(14)18-11-4-3-9(15)7-10(11)17-13(18)5-6-16/h3-4,7,12H,5-6,8H2,1-2H3. The molecule has 0 saturated heterocycles. The quantitative estimate of drug-likeness (QED) is 0.756. The predicted molar refractivity (Wildman–Crippen MR) is 79.3 cm³/mol. The largest absolute Gasteiger partial charge is 0.324 e. The molecule has 3 rings (SSSR count). The molecule has 96 valence electrons. The number of hydrogen-bond donors (Lipinski definition) is 0. The Kier molecular flexibility index (Phi) is 2.94. The van der Waals surface area contributed by atoms with Gasteiger partial charge in [-0.25, -0.2) is 4.98 Å². The molecule has 1 aliphatic carbocycles. The van der Waals surface area contributed by atoms with E-state index in [9.17, 15) is 0 Å². The average Bonchev–Trinajstić information content (AvgIpc) is 2.78. The normalized spacial score (nSPS) is 21.4. The van der Waals surface area contributed by atoms with Crippen LogP contribution in [-0.2, 0) is 6.42 Å². The molecule has 1 saturated carbocycles. The minimum atomic E-state index is 0.391. The Morgan fingerprint density at radius 3 is 2.83 bits per heavy atom. The number of aryl methyl sites for hydroxylation is 1. The first-order valence-electron chi connectivity index (χ1n) is 6.25. The van der Waals surface area contributed by atoms with E-state index in [2.05, 4.69) is 52.5 Å². The molecule has 1 heterocycles. The van der Waals surface area contributed by atoms with E-state index in [-0.39, 0.29) is 0 Å². The SMILES string of the molecule is CC1(C)CC1n1c(CCCl)nc2cc(Br)ccc21. The molecule has 1 atom stereocenters. The molecule has 0 radical (unpaired) electrons. The number of alkyl halides is 1. The lowest BCUT2D eigenvalue weighted by molar-refractivity contribution is 0.537. The molecule has 1 aromatic heterocycles. The van der Waals surface area contributed by atoms with Crippen molar-refractivity contribution in [1.29, 1.82) is 0 Å². The van der Waals surface area contributed by atoms with Crippen molar-refractivity contribution < 1.29 is 0 Å². The Bertz CT molecular complexity index is 603. The number of imidazole rings is 1. The van der Waals surface area contributed by atoms with Crippen molar-refractivity contribution in [3.63, 3.8) is 0 Å². The van der Waals surface area contributed by atoms with Crippen molar-refractivity contribution in [1.82, 2.24) is 9.55 Å². The van der Waals surface area contributed by atoms with Gasteiger partial charge in [-0.2, -0.15) is 0 Å². The Labute approximate surface area is 120 Å². The van der Waals surface area contributed by atoms with Crippen LogP contribution in [0.5, 0.6) is 0 Å². The van der Waals surface area contributed by atoms with Crippen molar-refractivity contribution in [2.75, 3.05) is 5.88 Å². The highest BCUT2D eigenvalue weighted by Crippen LogP contribution is 2.56. The highest BCUT2D eigenvalue weighted by Gasteiger charge is 2.48. The number of hydrogen-bond acceptors (Lipinski definition) is 1. The lowest BCUT2D eigenvalue weighted by Gasteiger charge is -2.10. The van der Waals surface area contributed by atoms with Gasteiger partial charge in [0.1, 0.15) is 5.82 Å². The fourth-order valence-electron chi connectivity index (χ4n) is 2.61. The van der Waals surface area contributed by atoms with Crippen LogP contribution < -0.4 is 0 Å². The summed E-state index contributed by atoms with van der Waals surface area (Å²) >= 11 is 9.41. The first kappa shape index (κ1) is 12.5. The third kappa shape index (κ3) is 1.97. The molecule has 1 fully saturated rings. The van der Waals surface area contributed by atoms with Crippen LogP contribution in [0, 0.1) is 5.41 Å². The van der Waals surface area contributed by atoms with Crippen LogP contribution in [0.1, 0.15) is 32.1 Å². The second kappa shape index (κ2) is 4.24. The Morgan fingerprint density at radius 2 is 2.22 bits per heavy atom. The van der Waals surface area contributed by atoms with E-state index in [4.69, 9.17) is 16.6 Å². The number of fused-ring (bicyclic) bond motifs is 1. The molecular weight excluding hydrogens is 312 g/mol. The van der Waals surface area contributed by atoms with E-state index in [1.54, 1.807) is 0 Å². The summed E-state index contributed by atoms with van der Waals surface area (Å²) in [7, 11) is 0. The van der Waals surface area contributed by atoms with Crippen LogP contribution in [0.25, 0.3) is 11.0 Å².